The van der Waals surface area contributed by atoms with E-state index in [0.29, 0.717) is 5.13 Å². The number of carbonyl (C=O) groups is 2. The molecule has 0 aliphatic carbocycles. The van der Waals surface area contributed by atoms with Crippen LogP contribution in [0.25, 0.3) is 0 Å². The lowest BCUT2D eigenvalue weighted by atomic mass is 10.0. The molecule has 1 amide bonds. The molecule has 0 radical (unpaired) electrons. The van der Waals surface area contributed by atoms with E-state index in [9.17, 15) is 14.7 Å². The van der Waals surface area contributed by atoms with Crippen LogP contribution in [0.3, 0.4) is 0 Å². The summed E-state index contributed by atoms with van der Waals surface area (Å²) in [6, 6.07) is 4.56. The molecule has 2 rings (SSSR count). The number of amides is 1. The predicted octanol–water partition coefficient (Wildman–Crippen LogP) is 1.38. The van der Waals surface area contributed by atoms with Crippen LogP contribution in [0.4, 0.5) is 5.13 Å². The Morgan fingerprint density at radius 3 is 2.58 bits per heavy atom. The van der Waals surface area contributed by atoms with Gasteiger partial charge in [0.2, 0.25) is 0 Å². The number of carboxylic acids is 1. The second kappa shape index (κ2) is 5.19. The van der Waals surface area contributed by atoms with Crippen molar-refractivity contribution in [2.24, 2.45) is 0 Å². The highest BCUT2D eigenvalue weighted by molar-refractivity contribution is 7.13. The Balaban J connectivity index is 2.31. The summed E-state index contributed by atoms with van der Waals surface area (Å²) in [5.74, 6) is -1.88. The zero-order valence-corrected chi connectivity index (χ0v) is 11.2. The molecule has 0 fully saturated rings. The fourth-order valence-corrected chi connectivity index (χ4v) is 2.28. The van der Waals surface area contributed by atoms with Gasteiger partial charge in [-0.3, -0.25) is 10.1 Å². The molecular weight excluding hydrogens is 264 g/mol. The zero-order chi connectivity index (χ0) is 14.0. The minimum Gasteiger partial charge on any atom is -0.545 e. The lowest BCUT2D eigenvalue weighted by Gasteiger charge is -2.10. The average molecular weight is 275 g/mol. The van der Waals surface area contributed by atoms with Crippen molar-refractivity contribution in [3.8, 4) is 0 Å². The molecule has 1 heterocycles. The van der Waals surface area contributed by atoms with Crippen LogP contribution in [0.2, 0.25) is 0 Å². The molecule has 0 aliphatic rings. The van der Waals surface area contributed by atoms with Crippen molar-refractivity contribution in [1.29, 1.82) is 0 Å². The van der Waals surface area contributed by atoms with Crippen LogP contribution in [-0.2, 0) is 0 Å². The summed E-state index contributed by atoms with van der Waals surface area (Å²) in [5.41, 5.74) is 1.49. The van der Waals surface area contributed by atoms with Crippen LogP contribution in [-0.4, -0.2) is 16.9 Å². The molecule has 0 atom stereocenters. The number of carboxylic acid groups (broad SMARTS) is 1. The largest absolute Gasteiger partial charge is 0.545 e. The van der Waals surface area contributed by atoms with Gasteiger partial charge >= 0.3 is 0 Å². The van der Waals surface area contributed by atoms with Crippen LogP contribution in [0.5, 0.6) is 0 Å². The van der Waals surface area contributed by atoms with Crippen molar-refractivity contribution in [3.05, 3.63) is 46.0 Å². The Labute approximate surface area is 113 Å². The maximum Gasteiger partial charge on any atom is 0.258 e. The van der Waals surface area contributed by atoms with Gasteiger partial charge in [0.25, 0.3) is 5.91 Å². The molecule has 6 heteroatoms. The number of thiazole rings is 1. The van der Waals surface area contributed by atoms with E-state index in [1.165, 1.54) is 23.5 Å². The van der Waals surface area contributed by atoms with Gasteiger partial charge in [-0.2, -0.15) is 0 Å². The van der Waals surface area contributed by atoms with Crippen molar-refractivity contribution < 1.29 is 14.7 Å². The third kappa shape index (κ3) is 2.97. The lowest BCUT2D eigenvalue weighted by molar-refractivity contribution is -0.255. The Morgan fingerprint density at radius 2 is 2.00 bits per heavy atom. The van der Waals surface area contributed by atoms with Gasteiger partial charge in [0, 0.05) is 16.5 Å². The number of nitrogens with one attached hydrogen (secondary N) is 1. The minimum absolute atomic E-state index is 0.0680. The van der Waals surface area contributed by atoms with Crippen molar-refractivity contribution in [2.75, 3.05) is 5.32 Å². The van der Waals surface area contributed by atoms with Gasteiger partial charge in [0.05, 0.1) is 11.7 Å². The van der Waals surface area contributed by atoms with Gasteiger partial charge in [0.1, 0.15) is 0 Å². The second-order valence-corrected chi connectivity index (χ2v) is 4.94. The van der Waals surface area contributed by atoms with E-state index in [4.69, 9.17) is 0 Å². The van der Waals surface area contributed by atoms with Gasteiger partial charge in [-0.25, -0.2) is 4.98 Å². The number of hydrogen-bond acceptors (Lipinski definition) is 5. The number of aromatic nitrogens is 1. The Kier molecular flexibility index (Phi) is 3.62. The van der Waals surface area contributed by atoms with Gasteiger partial charge in [0.15, 0.2) is 5.13 Å². The van der Waals surface area contributed by atoms with Crippen LogP contribution in [0.15, 0.2) is 23.6 Å². The smallest absolute Gasteiger partial charge is 0.258 e. The molecule has 19 heavy (non-hydrogen) atoms. The molecule has 1 N–H and O–H groups in total. The monoisotopic (exact) mass is 275 g/mol. The van der Waals surface area contributed by atoms with Gasteiger partial charge in [-0.15, -0.1) is 11.3 Å². The molecule has 98 valence electrons. The van der Waals surface area contributed by atoms with E-state index in [-0.39, 0.29) is 11.1 Å². The summed E-state index contributed by atoms with van der Waals surface area (Å²) < 4.78 is 0. The number of anilines is 1. The molecule has 1 aromatic heterocycles. The fraction of sp³-hybridized carbons (Fsp3) is 0.154. The van der Waals surface area contributed by atoms with Crippen LogP contribution in [0.1, 0.15) is 32.0 Å². The SMILES string of the molecule is Cc1ccc(C(=O)Nc2nc(C)cs2)c(C(=O)[O-])c1. The molecular formula is C13H11N2O3S-. The average Bonchev–Trinajstić information content (AvgIpc) is 2.74. The van der Waals surface area contributed by atoms with Crippen molar-refractivity contribution in [3.63, 3.8) is 0 Å². The Morgan fingerprint density at radius 1 is 1.26 bits per heavy atom. The summed E-state index contributed by atoms with van der Waals surface area (Å²) in [4.78, 5) is 27.1. The molecule has 0 saturated heterocycles. The second-order valence-electron chi connectivity index (χ2n) is 4.08. The van der Waals surface area contributed by atoms with E-state index in [0.717, 1.165) is 11.3 Å². The third-order valence-electron chi connectivity index (χ3n) is 2.48. The number of carbonyl (C=O) groups excluding carboxylic acids is 2. The van der Waals surface area contributed by atoms with Crippen LogP contribution < -0.4 is 10.4 Å². The first-order valence-corrected chi connectivity index (χ1v) is 6.41. The predicted molar refractivity (Wildman–Crippen MR) is 70.3 cm³/mol. The highest BCUT2D eigenvalue weighted by Gasteiger charge is 2.13. The summed E-state index contributed by atoms with van der Waals surface area (Å²) in [5, 5.41) is 15.8. The van der Waals surface area contributed by atoms with E-state index in [2.05, 4.69) is 10.3 Å². The zero-order valence-electron chi connectivity index (χ0n) is 10.4. The van der Waals surface area contributed by atoms with E-state index < -0.39 is 11.9 Å². The maximum absolute atomic E-state index is 12.0. The summed E-state index contributed by atoms with van der Waals surface area (Å²) >= 11 is 1.28. The first-order chi connectivity index (χ1) is 8.97. The first kappa shape index (κ1) is 13.2. The molecule has 5 nitrogen and oxygen atoms in total. The molecule has 0 spiro atoms. The third-order valence-corrected chi connectivity index (χ3v) is 3.35. The number of nitrogens with zero attached hydrogens (tertiary/aromatic N) is 1. The lowest BCUT2D eigenvalue weighted by Crippen LogP contribution is -2.26. The van der Waals surface area contributed by atoms with E-state index in [1.54, 1.807) is 18.4 Å². The molecule has 2 aromatic rings. The number of aryl methyl sites for hydroxylation is 2. The summed E-state index contributed by atoms with van der Waals surface area (Å²) in [7, 11) is 0. The molecule has 0 unspecified atom stereocenters. The molecule has 0 bridgehead atoms. The fourth-order valence-electron chi connectivity index (χ4n) is 1.60. The molecule has 0 saturated carbocycles. The van der Waals surface area contributed by atoms with Crippen molar-refractivity contribution in [1.82, 2.24) is 4.98 Å². The number of rotatable bonds is 3. The highest BCUT2D eigenvalue weighted by atomic mass is 32.1. The van der Waals surface area contributed by atoms with Crippen LogP contribution in [0, 0.1) is 13.8 Å². The van der Waals surface area contributed by atoms with Crippen molar-refractivity contribution >= 4 is 28.3 Å². The van der Waals surface area contributed by atoms with E-state index >= 15 is 0 Å². The van der Waals surface area contributed by atoms with E-state index in [1.807, 2.05) is 6.92 Å². The summed E-state index contributed by atoms with van der Waals surface area (Å²) in [6.07, 6.45) is 0. The Bertz CT molecular complexity index is 649. The number of aromatic carboxylic acids is 1. The standard InChI is InChI=1S/C13H12N2O3S/c1-7-3-4-9(10(5-7)12(17)18)11(16)15-13-14-8(2)6-19-13/h3-6H,1-2H3,(H,17,18)(H,14,15,16)/p-1. The van der Waals surface area contributed by atoms with Gasteiger partial charge in [-0.1, -0.05) is 11.6 Å². The topological polar surface area (TPSA) is 82.1 Å². The Hall–Kier alpha value is -2.21. The first-order valence-electron chi connectivity index (χ1n) is 5.53. The highest BCUT2D eigenvalue weighted by Crippen LogP contribution is 2.17. The summed E-state index contributed by atoms with van der Waals surface area (Å²) in [6.45, 7) is 3.56. The quantitative estimate of drug-likeness (QED) is 0.917. The maximum atomic E-state index is 12.0. The number of hydrogen-bond donors (Lipinski definition) is 1. The molecule has 0 aliphatic heterocycles. The minimum atomic E-state index is -1.37. The number of benzene rings is 1. The normalized spacial score (nSPS) is 10.2. The van der Waals surface area contributed by atoms with Crippen molar-refractivity contribution in [2.45, 2.75) is 13.8 Å². The molecule has 1 aromatic carbocycles. The van der Waals surface area contributed by atoms with Gasteiger partial charge in [-0.05, 0) is 26.0 Å². The van der Waals surface area contributed by atoms with Crippen LogP contribution >= 0.6 is 11.3 Å². The van der Waals surface area contributed by atoms with Gasteiger partial charge < -0.3 is 9.90 Å².